The highest BCUT2D eigenvalue weighted by Crippen LogP contribution is 2.33. The van der Waals surface area contributed by atoms with E-state index in [4.69, 9.17) is 28.8 Å². The number of aromatic nitrogens is 2. The van der Waals surface area contributed by atoms with E-state index in [9.17, 15) is 5.11 Å². The van der Waals surface area contributed by atoms with Gasteiger partial charge in [0.25, 0.3) is 0 Å². The molecule has 0 spiro atoms. The molecule has 3 rings (SSSR count). The monoisotopic (exact) mass is 348 g/mol. The molecule has 8 N–H and O–H groups in total. The Bertz CT molecular complexity index is 779. The van der Waals surface area contributed by atoms with Crippen LogP contribution in [0.3, 0.4) is 0 Å². The van der Waals surface area contributed by atoms with Crippen molar-refractivity contribution in [3.8, 4) is 5.75 Å². The Morgan fingerprint density at radius 3 is 2.75 bits per heavy atom. The standard InChI is InChI=1S/C16H21ClN6O/c17-11-3-1-2-10(15(11)24)12(18)8-13-14(19)16(20)22-23(13)9-4-6-21-7-5-9/h1-3,8-9,21,24H,4-7,18-19H2,(H2,20,22)/b12-8-. The zero-order valence-corrected chi connectivity index (χ0v) is 13.9. The van der Waals surface area contributed by atoms with Gasteiger partial charge in [0.05, 0.1) is 16.8 Å². The average molecular weight is 349 g/mol. The van der Waals surface area contributed by atoms with Gasteiger partial charge < -0.3 is 27.6 Å². The maximum Gasteiger partial charge on any atom is 0.169 e. The van der Waals surface area contributed by atoms with E-state index in [0.29, 0.717) is 22.6 Å². The van der Waals surface area contributed by atoms with Gasteiger partial charge in [-0.2, -0.15) is 5.10 Å². The minimum atomic E-state index is -0.0626. The van der Waals surface area contributed by atoms with E-state index in [1.165, 1.54) is 0 Å². The maximum atomic E-state index is 10.1. The molecule has 1 fully saturated rings. The molecule has 0 unspecified atom stereocenters. The van der Waals surface area contributed by atoms with Crippen LogP contribution in [0.5, 0.6) is 5.75 Å². The van der Waals surface area contributed by atoms with Gasteiger partial charge in [-0.25, -0.2) is 0 Å². The molecule has 7 nitrogen and oxygen atoms in total. The van der Waals surface area contributed by atoms with Gasteiger partial charge in [0.15, 0.2) is 5.82 Å². The Hall–Kier alpha value is -2.38. The molecule has 2 aromatic rings. The van der Waals surface area contributed by atoms with Crippen LogP contribution < -0.4 is 22.5 Å². The second-order valence-corrected chi connectivity index (χ2v) is 6.25. The molecule has 1 aliphatic heterocycles. The number of aromatic hydroxyl groups is 1. The van der Waals surface area contributed by atoms with Crippen molar-refractivity contribution < 1.29 is 5.11 Å². The number of anilines is 2. The van der Waals surface area contributed by atoms with E-state index in [-0.39, 0.29) is 22.6 Å². The number of nitrogens with one attached hydrogen (secondary N) is 1. The van der Waals surface area contributed by atoms with Crippen LogP contribution in [0.1, 0.15) is 30.1 Å². The zero-order valence-electron chi connectivity index (χ0n) is 13.2. The fraction of sp³-hybridized carbons (Fsp3) is 0.312. The molecular weight excluding hydrogens is 328 g/mol. The summed E-state index contributed by atoms with van der Waals surface area (Å²) in [5.41, 5.74) is 20.0. The zero-order chi connectivity index (χ0) is 17.3. The summed E-state index contributed by atoms with van der Waals surface area (Å²) in [6.45, 7) is 1.83. The molecule has 0 atom stereocenters. The number of para-hydroxylation sites is 1. The molecular formula is C16H21ClN6O. The Kier molecular flexibility index (Phi) is 4.55. The molecule has 2 heterocycles. The van der Waals surface area contributed by atoms with Gasteiger partial charge >= 0.3 is 0 Å². The smallest absolute Gasteiger partial charge is 0.169 e. The van der Waals surface area contributed by atoms with Crippen molar-refractivity contribution in [2.24, 2.45) is 5.73 Å². The van der Waals surface area contributed by atoms with Gasteiger partial charge in [0.1, 0.15) is 11.4 Å². The minimum absolute atomic E-state index is 0.0626. The van der Waals surface area contributed by atoms with Crippen molar-refractivity contribution >= 4 is 34.9 Å². The molecule has 1 aliphatic rings. The Balaban J connectivity index is 2.03. The molecule has 0 amide bonds. The number of rotatable bonds is 3. The van der Waals surface area contributed by atoms with Crippen LogP contribution in [0.2, 0.25) is 5.02 Å². The normalized spacial score (nSPS) is 16.5. The van der Waals surface area contributed by atoms with E-state index in [1.54, 1.807) is 24.3 Å². The molecule has 0 radical (unpaired) electrons. The number of phenolic OH excluding ortho intramolecular Hbond substituents is 1. The van der Waals surface area contributed by atoms with Crippen LogP contribution in [0.4, 0.5) is 11.5 Å². The predicted molar refractivity (Wildman–Crippen MR) is 97.4 cm³/mol. The van der Waals surface area contributed by atoms with E-state index in [2.05, 4.69) is 10.4 Å². The maximum absolute atomic E-state index is 10.1. The fourth-order valence-corrected chi connectivity index (χ4v) is 3.10. The van der Waals surface area contributed by atoms with Crippen molar-refractivity contribution in [2.45, 2.75) is 18.9 Å². The largest absolute Gasteiger partial charge is 0.506 e. The van der Waals surface area contributed by atoms with Crippen molar-refractivity contribution in [3.63, 3.8) is 0 Å². The first-order valence-corrected chi connectivity index (χ1v) is 8.16. The summed E-state index contributed by atoms with van der Waals surface area (Å²) < 4.78 is 1.83. The van der Waals surface area contributed by atoms with Crippen LogP contribution >= 0.6 is 11.6 Å². The number of phenols is 1. The molecule has 128 valence electrons. The van der Waals surface area contributed by atoms with Crippen molar-refractivity contribution in [3.05, 3.63) is 34.5 Å². The number of piperidine rings is 1. The van der Waals surface area contributed by atoms with Gasteiger partial charge in [0, 0.05) is 11.3 Å². The summed E-state index contributed by atoms with van der Waals surface area (Å²) in [5, 5.41) is 18.0. The first kappa shape index (κ1) is 16.5. The first-order chi connectivity index (χ1) is 11.5. The second kappa shape index (κ2) is 6.62. The Labute approximate surface area is 145 Å². The van der Waals surface area contributed by atoms with Crippen LogP contribution in [0.25, 0.3) is 11.8 Å². The number of benzene rings is 1. The number of nitrogens with two attached hydrogens (primary N) is 3. The molecule has 0 bridgehead atoms. The van der Waals surface area contributed by atoms with E-state index in [0.717, 1.165) is 25.9 Å². The SMILES string of the molecule is N/C(=C\c1c(N)c(N)nn1C1CCNCC1)c1cccc(Cl)c1O. The summed E-state index contributed by atoms with van der Waals surface area (Å²) >= 11 is 5.95. The average Bonchev–Trinajstić information content (AvgIpc) is 2.86. The highest BCUT2D eigenvalue weighted by molar-refractivity contribution is 6.32. The third-order valence-corrected chi connectivity index (χ3v) is 4.56. The lowest BCUT2D eigenvalue weighted by atomic mass is 10.1. The number of halogens is 1. The number of hydrogen-bond acceptors (Lipinski definition) is 6. The van der Waals surface area contributed by atoms with E-state index in [1.807, 2.05) is 4.68 Å². The highest BCUT2D eigenvalue weighted by Gasteiger charge is 2.22. The third kappa shape index (κ3) is 3.00. The number of nitrogens with zero attached hydrogens (tertiary/aromatic N) is 2. The number of nitrogen functional groups attached to an aromatic ring is 2. The molecule has 8 heteroatoms. The minimum Gasteiger partial charge on any atom is -0.506 e. The second-order valence-electron chi connectivity index (χ2n) is 5.85. The Morgan fingerprint density at radius 2 is 2.04 bits per heavy atom. The van der Waals surface area contributed by atoms with E-state index >= 15 is 0 Å². The topological polar surface area (TPSA) is 128 Å². The molecule has 0 saturated carbocycles. The molecule has 1 aromatic heterocycles. The van der Waals surface area contributed by atoms with Crippen LogP contribution in [-0.2, 0) is 0 Å². The summed E-state index contributed by atoms with van der Waals surface area (Å²) in [6.07, 6.45) is 3.56. The first-order valence-electron chi connectivity index (χ1n) is 7.78. The van der Waals surface area contributed by atoms with Crippen molar-refractivity contribution in [1.29, 1.82) is 0 Å². The number of hydrogen-bond donors (Lipinski definition) is 5. The Morgan fingerprint density at radius 1 is 1.33 bits per heavy atom. The summed E-state index contributed by atoms with van der Waals surface area (Å²) in [6, 6.07) is 5.22. The lowest BCUT2D eigenvalue weighted by molar-refractivity contribution is 0.342. The van der Waals surface area contributed by atoms with Crippen molar-refractivity contribution in [1.82, 2.24) is 15.1 Å². The van der Waals surface area contributed by atoms with Crippen LogP contribution in [0, 0.1) is 0 Å². The summed E-state index contributed by atoms with van der Waals surface area (Å²) in [4.78, 5) is 0. The predicted octanol–water partition coefficient (Wildman–Crippen LogP) is 1.79. The van der Waals surface area contributed by atoms with Gasteiger partial charge in [-0.1, -0.05) is 17.7 Å². The molecule has 1 saturated heterocycles. The quantitative estimate of drug-likeness (QED) is 0.575. The fourth-order valence-electron chi connectivity index (χ4n) is 2.93. The molecule has 1 aromatic carbocycles. The van der Waals surface area contributed by atoms with Gasteiger partial charge in [-0.3, -0.25) is 4.68 Å². The summed E-state index contributed by atoms with van der Waals surface area (Å²) in [7, 11) is 0. The third-order valence-electron chi connectivity index (χ3n) is 4.26. The van der Waals surface area contributed by atoms with Crippen LogP contribution in [0.15, 0.2) is 18.2 Å². The summed E-state index contributed by atoms with van der Waals surface area (Å²) in [5.74, 6) is 0.218. The van der Waals surface area contributed by atoms with E-state index < -0.39 is 0 Å². The van der Waals surface area contributed by atoms with Gasteiger partial charge in [-0.05, 0) is 44.1 Å². The van der Waals surface area contributed by atoms with Crippen molar-refractivity contribution in [2.75, 3.05) is 24.6 Å². The lowest BCUT2D eigenvalue weighted by Crippen LogP contribution is -2.30. The van der Waals surface area contributed by atoms with Gasteiger partial charge in [-0.15, -0.1) is 0 Å². The van der Waals surface area contributed by atoms with Crippen LogP contribution in [-0.4, -0.2) is 28.0 Å². The lowest BCUT2D eigenvalue weighted by Gasteiger charge is -2.24. The van der Waals surface area contributed by atoms with Gasteiger partial charge in [0.2, 0.25) is 0 Å². The molecule has 0 aliphatic carbocycles. The highest BCUT2D eigenvalue weighted by atomic mass is 35.5. The molecule has 24 heavy (non-hydrogen) atoms.